The second-order valence-corrected chi connectivity index (χ2v) is 4.01. The van der Waals surface area contributed by atoms with Gasteiger partial charge in [0.25, 0.3) is 0 Å². The summed E-state index contributed by atoms with van der Waals surface area (Å²) in [7, 11) is 0. The molecule has 1 aliphatic rings. The van der Waals surface area contributed by atoms with E-state index in [0.29, 0.717) is 12.6 Å². The van der Waals surface area contributed by atoms with Gasteiger partial charge in [-0.1, -0.05) is 0 Å². The van der Waals surface area contributed by atoms with Crippen LogP contribution in [0.4, 0.5) is 8.78 Å². The minimum absolute atomic E-state index is 0.0103. The lowest BCUT2D eigenvalue weighted by Crippen LogP contribution is -2.33. The molecule has 0 radical (unpaired) electrons. The fourth-order valence-electron chi connectivity index (χ4n) is 1.67. The van der Waals surface area contributed by atoms with Crippen LogP contribution in [0.15, 0.2) is 0 Å². The molecule has 0 aliphatic carbocycles. The Morgan fingerprint density at radius 3 is 2.73 bits per heavy atom. The quantitative estimate of drug-likeness (QED) is 0.724. The Morgan fingerprint density at radius 2 is 2.13 bits per heavy atom. The summed E-state index contributed by atoms with van der Waals surface area (Å²) in [5.74, 6) is 0. The summed E-state index contributed by atoms with van der Waals surface area (Å²) < 4.78 is 33.3. The smallest absolute Gasteiger partial charge is 0.345 e. The van der Waals surface area contributed by atoms with Crippen molar-refractivity contribution >= 4 is 0 Å². The van der Waals surface area contributed by atoms with Crippen LogP contribution in [-0.2, 0) is 9.47 Å². The maximum atomic E-state index is 11.8. The SMILES string of the molecule is CC(C)N1CCOC(COC(F)F)CC1. The summed E-state index contributed by atoms with van der Waals surface area (Å²) in [5.41, 5.74) is 0. The van der Waals surface area contributed by atoms with Crippen molar-refractivity contribution in [3.8, 4) is 0 Å². The zero-order valence-corrected chi connectivity index (χ0v) is 9.29. The van der Waals surface area contributed by atoms with Crippen molar-refractivity contribution in [3.05, 3.63) is 0 Å². The third-order valence-corrected chi connectivity index (χ3v) is 2.61. The van der Waals surface area contributed by atoms with Crippen LogP contribution in [0.3, 0.4) is 0 Å². The van der Waals surface area contributed by atoms with E-state index >= 15 is 0 Å². The van der Waals surface area contributed by atoms with E-state index in [2.05, 4.69) is 23.5 Å². The van der Waals surface area contributed by atoms with E-state index in [1.807, 2.05) is 0 Å². The Labute approximate surface area is 89.3 Å². The highest BCUT2D eigenvalue weighted by Crippen LogP contribution is 2.11. The first-order chi connectivity index (χ1) is 7.09. The molecule has 1 fully saturated rings. The van der Waals surface area contributed by atoms with E-state index in [4.69, 9.17) is 4.74 Å². The lowest BCUT2D eigenvalue weighted by atomic mass is 10.2. The Bertz CT molecular complexity index is 179. The summed E-state index contributed by atoms with van der Waals surface area (Å²) in [4.78, 5) is 2.28. The second kappa shape index (κ2) is 6.35. The zero-order chi connectivity index (χ0) is 11.3. The summed E-state index contributed by atoms with van der Waals surface area (Å²) in [6, 6.07) is 0.475. The molecule has 0 aromatic rings. The van der Waals surface area contributed by atoms with E-state index in [-0.39, 0.29) is 12.7 Å². The molecule has 5 heteroatoms. The lowest BCUT2D eigenvalue weighted by molar-refractivity contribution is -0.153. The first-order valence-corrected chi connectivity index (χ1v) is 5.35. The van der Waals surface area contributed by atoms with Gasteiger partial charge in [-0.05, 0) is 20.3 Å². The molecule has 0 bridgehead atoms. The first-order valence-electron chi connectivity index (χ1n) is 5.35. The monoisotopic (exact) mass is 223 g/mol. The largest absolute Gasteiger partial charge is 0.374 e. The molecule has 0 aromatic carbocycles. The fourth-order valence-corrected chi connectivity index (χ4v) is 1.67. The van der Waals surface area contributed by atoms with Crippen LogP contribution >= 0.6 is 0 Å². The van der Waals surface area contributed by atoms with Gasteiger partial charge in [-0.2, -0.15) is 8.78 Å². The number of alkyl halides is 2. The zero-order valence-electron chi connectivity index (χ0n) is 9.29. The summed E-state index contributed by atoms with van der Waals surface area (Å²) in [5, 5.41) is 0. The van der Waals surface area contributed by atoms with Gasteiger partial charge in [-0.3, -0.25) is 4.90 Å². The molecule has 0 amide bonds. The standard InChI is InChI=1S/C10H19F2NO2/c1-8(2)13-4-3-9(14-6-5-13)7-15-10(11)12/h8-10H,3-7H2,1-2H3. The van der Waals surface area contributed by atoms with Crippen molar-refractivity contribution in [2.45, 2.75) is 39.0 Å². The van der Waals surface area contributed by atoms with Crippen molar-refractivity contribution < 1.29 is 18.3 Å². The maximum absolute atomic E-state index is 11.8. The topological polar surface area (TPSA) is 21.7 Å². The molecule has 0 saturated carbocycles. The molecule has 3 nitrogen and oxygen atoms in total. The van der Waals surface area contributed by atoms with Crippen LogP contribution in [0.1, 0.15) is 20.3 Å². The number of ether oxygens (including phenoxy) is 2. The van der Waals surface area contributed by atoms with Gasteiger partial charge >= 0.3 is 6.61 Å². The van der Waals surface area contributed by atoms with Crippen LogP contribution in [0.5, 0.6) is 0 Å². The molecule has 1 heterocycles. The lowest BCUT2D eigenvalue weighted by Gasteiger charge is -2.23. The molecule has 1 aliphatic heterocycles. The highest BCUT2D eigenvalue weighted by Gasteiger charge is 2.20. The van der Waals surface area contributed by atoms with E-state index in [1.54, 1.807) is 0 Å². The molecule has 1 rings (SSSR count). The summed E-state index contributed by atoms with van der Waals surface area (Å²) in [6.45, 7) is 3.88. The Morgan fingerprint density at radius 1 is 1.40 bits per heavy atom. The molecule has 1 unspecified atom stereocenters. The van der Waals surface area contributed by atoms with Gasteiger partial charge in [-0.15, -0.1) is 0 Å². The van der Waals surface area contributed by atoms with E-state index in [1.165, 1.54) is 0 Å². The summed E-state index contributed by atoms with van der Waals surface area (Å²) in [6.07, 6.45) is 0.563. The molecule has 15 heavy (non-hydrogen) atoms. The van der Waals surface area contributed by atoms with E-state index in [9.17, 15) is 8.78 Å². The van der Waals surface area contributed by atoms with Crippen molar-refractivity contribution in [1.82, 2.24) is 4.90 Å². The van der Waals surface area contributed by atoms with Gasteiger partial charge in [-0.25, -0.2) is 0 Å². The summed E-state index contributed by atoms with van der Waals surface area (Å²) >= 11 is 0. The molecule has 0 spiro atoms. The van der Waals surface area contributed by atoms with Crippen LogP contribution in [0.2, 0.25) is 0 Å². The third kappa shape index (κ3) is 4.86. The Kier molecular flexibility index (Phi) is 5.42. The van der Waals surface area contributed by atoms with Crippen molar-refractivity contribution in [2.75, 3.05) is 26.3 Å². The van der Waals surface area contributed by atoms with Crippen molar-refractivity contribution in [2.24, 2.45) is 0 Å². The van der Waals surface area contributed by atoms with Crippen molar-refractivity contribution in [3.63, 3.8) is 0 Å². The molecule has 0 aromatic heterocycles. The van der Waals surface area contributed by atoms with Crippen LogP contribution < -0.4 is 0 Å². The van der Waals surface area contributed by atoms with Crippen molar-refractivity contribution in [1.29, 1.82) is 0 Å². The van der Waals surface area contributed by atoms with Crippen LogP contribution in [-0.4, -0.2) is 50.0 Å². The Balaban J connectivity index is 2.26. The predicted molar refractivity (Wildman–Crippen MR) is 53.0 cm³/mol. The average Bonchev–Trinajstić information content (AvgIpc) is 2.39. The maximum Gasteiger partial charge on any atom is 0.345 e. The van der Waals surface area contributed by atoms with Crippen LogP contribution in [0, 0.1) is 0 Å². The normalized spacial score (nSPS) is 24.8. The first kappa shape index (κ1) is 12.8. The second-order valence-electron chi connectivity index (χ2n) is 4.01. The molecule has 1 atom stereocenters. The molecule has 1 saturated heterocycles. The van der Waals surface area contributed by atoms with Crippen LogP contribution in [0.25, 0.3) is 0 Å². The van der Waals surface area contributed by atoms with E-state index in [0.717, 1.165) is 19.5 Å². The van der Waals surface area contributed by atoms with Gasteiger partial charge < -0.3 is 9.47 Å². The third-order valence-electron chi connectivity index (χ3n) is 2.61. The van der Waals surface area contributed by atoms with Gasteiger partial charge in [0.15, 0.2) is 0 Å². The predicted octanol–water partition coefficient (Wildman–Crippen LogP) is 1.72. The number of nitrogens with zero attached hydrogens (tertiary/aromatic N) is 1. The molecule has 0 N–H and O–H groups in total. The van der Waals surface area contributed by atoms with Gasteiger partial charge in [0.2, 0.25) is 0 Å². The molecule has 90 valence electrons. The Hall–Kier alpha value is -0.260. The molecular formula is C10H19F2NO2. The number of halogens is 2. The number of rotatable bonds is 4. The van der Waals surface area contributed by atoms with E-state index < -0.39 is 6.61 Å². The van der Waals surface area contributed by atoms with Gasteiger partial charge in [0.1, 0.15) is 0 Å². The highest BCUT2D eigenvalue weighted by molar-refractivity contribution is 4.70. The number of hydrogen-bond donors (Lipinski definition) is 0. The number of hydrogen-bond acceptors (Lipinski definition) is 3. The average molecular weight is 223 g/mol. The van der Waals surface area contributed by atoms with Gasteiger partial charge in [0, 0.05) is 19.1 Å². The minimum Gasteiger partial charge on any atom is -0.374 e. The van der Waals surface area contributed by atoms with Gasteiger partial charge in [0.05, 0.1) is 19.3 Å². The highest BCUT2D eigenvalue weighted by atomic mass is 19.3. The minimum atomic E-state index is -2.70. The molecular weight excluding hydrogens is 204 g/mol. The fraction of sp³-hybridized carbons (Fsp3) is 1.00.